The van der Waals surface area contributed by atoms with E-state index in [1.807, 2.05) is 0 Å². The smallest absolute Gasteiger partial charge is 0.0726 e. The van der Waals surface area contributed by atoms with Crippen LogP contribution in [0, 0.1) is 0 Å². The van der Waals surface area contributed by atoms with Gasteiger partial charge in [-0.05, 0) is 67.8 Å². The minimum absolute atomic E-state index is 0.0316. The Kier molecular flexibility index (Phi) is 4.39. The molecule has 0 aromatic heterocycles. The van der Waals surface area contributed by atoms with Crippen LogP contribution in [-0.2, 0) is 10.8 Å². The molecule has 0 heterocycles. The van der Waals surface area contributed by atoms with Crippen molar-refractivity contribution in [3.63, 3.8) is 0 Å². The Bertz CT molecular complexity index is 2020. The number of benzene rings is 6. The lowest BCUT2D eigenvalue weighted by atomic mass is 9.70. The van der Waals surface area contributed by atoms with Crippen LogP contribution in [0.1, 0.15) is 47.2 Å². The Morgan fingerprint density at radius 3 is 1.34 bits per heavy atom. The predicted octanol–water partition coefficient (Wildman–Crippen LogP) is 10.1. The highest BCUT2D eigenvalue weighted by Crippen LogP contribution is 2.64. The van der Waals surface area contributed by atoms with Crippen molar-refractivity contribution in [2.24, 2.45) is 0 Å². The molecule has 1 nitrogen and oxygen atoms in total. The van der Waals surface area contributed by atoms with Crippen molar-refractivity contribution in [3.8, 4) is 33.4 Å². The number of hydrogen-bond donors (Lipinski definition) is 1. The maximum atomic E-state index is 3.98. The van der Waals surface area contributed by atoms with Crippen molar-refractivity contribution < 1.29 is 0 Å². The van der Waals surface area contributed by atoms with Gasteiger partial charge in [0.25, 0.3) is 0 Å². The van der Waals surface area contributed by atoms with Gasteiger partial charge in [0.15, 0.2) is 0 Å². The minimum Gasteiger partial charge on any atom is -0.354 e. The molecule has 0 saturated carbocycles. The molecule has 6 aromatic carbocycles. The van der Waals surface area contributed by atoms with Crippen LogP contribution in [0.15, 0.2) is 133 Å². The fourth-order valence-corrected chi connectivity index (χ4v) is 8.25. The molecule has 3 aliphatic carbocycles. The van der Waals surface area contributed by atoms with Gasteiger partial charge in [-0.2, -0.15) is 0 Å². The summed E-state index contributed by atoms with van der Waals surface area (Å²) in [4.78, 5) is 0. The zero-order chi connectivity index (χ0) is 27.3. The highest BCUT2D eigenvalue weighted by molar-refractivity contribution is 6.00. The minimum atomic E-state index is -0.329. The van der Waals surface area contributed by atoms with E-state index in [-0.39, 0.29) is 10.8 Å². The van der Waals surface area contributed by atoms with Gasteiger partial charge in [-0.1, -0.05) is 135 Å². The van der Waals surface area contributed by atoms with Crippen molar-refractivity contribution in [2.75, 3.05) is 5.32 Å². The third-order valence-corrected chi connectivity index (χ3v) is 9.90. The van der Waals surface area contributed by atoms with Gasteiger partial charge in [-0.25, -0.2) is 0 Å². The zero-order valence-corrected chi connectivity index (χ0v) is 23.2. The van der Waals surface area contributed by atoms with E-state index in [4.69, 9.17) is 0 Å². The first-order valence-corrected chi connectivity index (χ1v) is 14.5. The summed E-state index contributed by atoms with van der Waals surface area (Å²) in [7, 11) is 0. The maximum Gasteiger partial charge on any atom is 0.0726 e. The van der Waals surface area contributed by atoms with Crippen LogP contribution in [0.3, 0.4) is 0 Å². The number of fused-ring (bicyclic) bond motifs is 13. The zero-order valence-electron chi connectivity index (χ0n) is 23.2. The van der Waals surface area contributed by atoms with Crippen LogP contribution < -0.4 is 5.32 Å². The lowest BCUT2D eigenvalue weighted by Gasteiger charge is -2.30. The van der Waals surface area contributed by atoms with E-state index in [2.05, 4.69) is 153 Å². The van der Waals surface area contributed by atoms with Gasteiger partial charge in [0, 0.05) is 27.9 Å². The molecule has 0 radical (unpaired) electrons. The van der Waals surface area contributed by atoms with Gasteiger partial charge in [-0.15, -0.1) is 0 Å². The fourth-order valence-electron chi connectivity index (χ4n) is 8.25. The van der Waals surface area contributed by atoms with Gasteiger partial charge >= 0.3 is 0 Å². The first-order valence-electron chi connectivity index (χ1n) is 14.5. The SMILES string of the molecule is CC1(C)c2ccccc2-c2c(Nc3cccc4c3-c3ccccc3C43c4ccccc4-c4ccccc43)cccc21. The van der Waals surface area contributed by atoms with Crippen molar-refractivity contribution in [1.29, 1.82) is 0 Å². The van der Waals surface area contributed by atoms with Gasteiger partial charge in [-0.3, -0.25) is 0 Å². The monoisotopic (exact) mass is 523 g/mol. The molecule has 0 unspecified atom stereocenters. The molecular formula is C40H29N. The molecule has 41 heavy (non-hydrogen) atoms. The van der Waals surface area contributed by atoms with E-state index >= 15 is 0 Å². The van der Waals surface area contributed by atoms with Crippen LogP contribution in [-0.4, -0.2) is 0 Å². The summed E-state index contributed by atoms with van der Waals surface area (Å²) < 4.78 is 0. The van der Waals surface area contributed by atoms with E-state index in [1.165, 1.54) is 72.4 Å². The van der Waals surface area contributed by atoms with E-state index < -0.39 is 0 Å². The highest BCUT2D eigenvalue weighted by Gasteiger charge is 2.52. The maximum absolute atomic E-state index is 3.98. The van der Waals surface area contributed by atoms with Crippen molar-refractivity contribution in [3.05, 3.63) is 167 Å². The topological polar surface area (TPSA) is 12.0 Å². The Labute approximate surface area is 241 Å². The molecule has 0 fully saturated rings. The molecule has 0 amide bonds. The standard InChI is InChI=1S/C40H29N/c1-39(2)29-17-7-5-15-27(29)37-33(39)21-11-23-35(37)41-36-24-12-22-34-38(36)28-16-6-10-20-32(28)40(34)30-18-8-3-13-25(30)26-14-4-9-19-31(26)40/h3-24,41H,1-2H3. The fraction of sp³-hybridized carbons (Fsp3) is 0.100. The van der Waals surface area contributed by atoms with Gasteiger partial charge in [0.05, 0.1) is 5.41 Å². The van der Waals surface area contributed by atoms with Gasteiger partial charge in [0.2, 0.25) is 0 Å². The van der Waals surface area contributed by atoms with Crippen LogP contribution >= 0.6 is 0 Å². The average molecular weight is 524 g/mol. The largest absolute Gasteiger partial charge is 0.354 e. The highest BCUT2D eigenvalue weighted by atomic mass is 14.9. The average Bonchev–Trinajstić information content (AvgIpc) is 3.58. The summed E-state index contributed by atoms with van der Waals surface area (Å²) in [5, 5.41) is 3.98. The number of nitrogens with one attached hydrogen (secondary N) is 1. The Hall–Kier alpha value is -4.88. The second-order valence-corrected chi connectivity index (χ2v) is 12.1. The van der Waals surface area contributed by atoms with Crippen molar-refractivity contribution in [1.82, 2.24) is 0 Å². The first kappa shape index (κ1) is 22.9. The predicted molar refractivity (Wildman–Crippen MR) is 170 cm³/mol. The number of anilines is 2. The quantitative estimate of drug-likeness (QED) is 0.238. The molecular weight excluding hydrogens is 494 g/mol. The molecule has 6 aromatic rings. The second kappa shape index (κ2) is 7.86. The molecule has 0 saturated heterocycles. The molecule has 1 spiro atoms. The Morgan fingerprint density at radius 1 is 0.366 bits per heavy atom. The molecule has 0 aliphatic heterocycles. The summed E-state index contributed by atoms with van der Waals surface area (Å²) in [6.07, 6.45) is 0. The van der Waals surface area contributed by atoms with Crippen LogP contribution in [0.25, 0.3) is 33.4 Å². The summed E-state index contributed by atoms with van der Waals surface area (Å²) in [6, 6.07) is 49.5. The van der Waals surface area contributed by atoms with Crippen LogP contribution in [0.2, 0.25) is 0 Å². The third kappa shape index (κ3) is 2.71. The summed E-state index contributed by atoms with van der Waals surface area (Å²) in [5.41, 5.74) is 18.2. The molecule has 3 aliphatic rings. The summed E-state index contributed by atoms with van der Waals surface area (Å²) in [6.45, 7) is 4.69. The summed E-state index contributed by atoms with van der Waals surface area (Å²) >= 11 is 0. The first-order chi connectivity index (χ1) is 20.1. The lowest BCUT2D eigenvalue weighted by molar-refractivity contribution is 0.660. The van der Waals surface area contributed by atoms with Crippen molar-refractivity contribution >= 4 is 11.4 Å². The second-order valence-electron chi connectivity index (χ2n) is 12.1. The van der Waals surface area contributed by atoms with E-state index in [9.17, 15) is 0 Å². The van der Waals surface area contributed by atoms with Crippen LogP contribution in [0.5, 0.6) is 0 Å². The van der Waals surface area contributed by atoms with Gasteiger partial charge < -0.3 is 5.32 Å². The molecule has 1 N–H and O–H groups in total. The Morgan fingerprint density at radius 2 is 0.756 bits per heavy atom. The molecule has 0 atom stereocenters. The molecule has 9 rings (SSSR count). The van der Waals surface area contributed by atoms with E-state index in [0.717, 1.165) is 5.69 Å². The number of rotatable bonds is 2. The summed E-state index contributed by atoms with van der Waals surface area (Å²) in [5.74, 6) is 0. The van der Waals surface area contributed by atoms with E-state index in [1.54, 1.807) is 0 Å². The lowest BCUT2D eigenvalue weighted by Crippen LogP contribution is -2.25. The van der Waals surface area contributed by atoms with Crippen molar-refractivity contribution in [2.45, 2.75) is 24.7 Å². The van der Waals surface area contributed by atoms with Crippen LogP contribution in [0.4, 0.5) is 11.4 Å². The normalized spacial score (nSPS) is 15.5. The Balaban J connectivity index is 1.31. The third-order valence-electron chi connectivity index (χ3n) is 9.90. The number of hydrogen-bond acceptors (Lipinski definition) is 1. The molecule has 1 heteroatoms. The molecule has 0 bridgehead atoms. The van der Waals surface area contributed by atoms with E-state index in [0.29, 0.717) is 0 Å². The molecule has 194 valence electrons. The van der Waals surface area contributed by atoms with Gasteiger partial charge in [0.1, 0.15) is 0 Å².